The molecule has 2 aliphatic rings. The Balaban J connectivity index is 1.32. The molecule has 2 saturated carbocycles. The van der Waals surface area contributed by atoms with Crippen molar-refractivity contribution in [2.45, 2.75) is 57.7 Å². The van der Waals surface area contributed by atoms with Crippen LogP contribution in [0.2, 0.25) is 0 Å². The first-order valence-electron chi connectivity index (χ1n) is 8.40. The van der Waals surface area contributed by atoms with E-state index >= 15 is 0 Å². The van der Waals surface area contributed by atoms with E-state index in [1.807, 2.05) is 6.92 Å². The molecule has 1 heterocycles. The van der Waals surface area contributed by atoms with Crippen LogP contribution in [0.15, 0.2) is 5.38 Å². The zero-order valence-corrected chi connectivity index (χ0v) is 15.1. The van der Waals surface area contributed by atoms with E-state index in [4.69, 9.17) is 0 Å². The van der Waals surface area contributed by atoms with Gasteiger partial charge in [0.25, 0.3) is 0 Å². The van der Waals surface area contributed by atoms with Crippen LogP contribution >= 0.6 is 23.1 Å². The smallest absolute Gasteiger partial charge is 0.221 e. The maximum atomic E-state index is 12.1. The van der Waals surface area contributed by atoms with Crippen molar-refractivity contribution < 1.29 is 4.79 Å². The summed E-state index contributed by atoms with van der Waals surface area (Å²) in [6, 6.07) is 0.356. The van der Waals surface area contributed by atoms with Gasteiger partial charge in [-0.15, -0.1) is 11.3 Å². The molecule has 122 valence electrons. The van der Waals surface area contributed by atoms with E-state index in [0.29, 0.717) is 12.5 Å². The summed E-state index contributed by atoms with van der Waals surface area (Å²) in [7, 11) is 0. The molecular formula is C17H26N2OS2. The van der Waals surface area contributed by atoms with Crippen molar-refractivity contribution >= 4 is 29.0 Å². The van der Waals surface area contributed by atoms with Gasteiger partial charge < -0.3 is 5.32 Å². The van der Waals surface area contributed by atoms with E-state index in [0.717, 1.165) is 40.0 Å². The van der Waals surface area contributed by atoms with Crippen molar-refractivity contribution in [3.8, 4) is 0 Å². The molecule has 3 nitrogen and oxygen atoms in total. The molecule has 3 rings (SSSR count). The molecule has 0 aliphatic heterocycles. The fourth-order valence-corrected chi connectivity index (χ4v) is 5.70. The topological polar surface area (TPSA) is 42.0 Å². The van der Waals surface area contributed by atoms with Crippen molar-refractivity contribution in [2.75, 3.05) is 5.75 Å². The van der Waals surface area contributed by atoms with Crippen LogP contribution in [-0.2, 0) is 10.5 Å². The van der Waals surface area contributed by atoms with Gasteiger partial charge in [-0.25, -0.2) is 4.98 Å². The minimum atomic E-state index is 0.220. The van der Waals surface area contributed by atoms with Crippen molar-refractivity contribution in [1.82, 2.24) is 10.3 Å². The monoisotopic (exact) mass is 338 g/mol. The summed E-state index contributed by atoms with van der Waals surface area (Å²) in [4.78, 5) is 16.5. The molecule has 2 aliphatic carbocycles. The standard InChI is InChI=1S/C17H26N2OS2/c1-11(16-8-13-3-4-14(16)7-13)18-17(20)5-6-21-9-15-10-22-12(2)19-15/h10-11,13-14,16H,3-9H2,1-2H3,(H,18,20). The number of hydrogen-bond donors (Lipinski definition) is 1. The normalized spacial score (nSPS) is 28.0. The highest BCUT2D eigenvalue weighted by Crippen LogP contribution is 2.49. The van der Waals surface area contributed by atoms with E-state index in [2.05, 4.69) is 22.6 Å². The predicted octanol–water partition coefficient (Wildman–Crippen LogP) is 4.02. The van der Waals surface area contributed by atoms with E-state index in [9.17, 15) is 4.79 Å². The molecule has 5 heteroatoms. The number of amides is 1. The highest BCUT2D eigenvalue weighted by atomic mass is 32.2. The Hall–Kier alpha value is -0.550. The quantitative estimate of drug-likeness (QED) is 0.764. The van der Waals surface area contributed by atoms with Gasteiger partial charge in [-0.1, -0.05) is 6.42 Å². The Labute approximate surface area is 141 Å². The fourth-order valence-electron chi connectivity index (χ4n) is 4.16. The van der Waals surface area contributed by atoms with Crippen LogP contribution < -0.4 is 5.32 Å². The molecule has 1 amide bonds. The van der Waals surface area contributed by atoms with Gasteiger partial charge in [0.2, 0.25) is 5.91 Å². The molecule has 0 radical (unpaired) electrons. The van der Waals surface area contributed by atoms with E-state index in [1.54, 1.807) is 23.1 Å². The zero-order valence-electron chi connectivity index (χ0n) is 13.5. The van der Waals surface area contributed by atoms with Crippen molar-refractivity contribution in [2.24, 2.45) is 17.8 Å². The molecule has 0 aromatic carbocycles. The summed E-state index contributed by atoms with van der Waals surface area (Å²) in [5.41, 5.74) is 1.14. The second-order valence-electron chi connectivity index (χ2n) is 6.86. The molecule has 2 bridgehead atoms. The number of carbonyl (C=O) groups is 1. The number of fused-ring (bicyclic) bond motifs is 2. The number of nitrogens with one attached hydrogen (secondary N) is 1. The average Bonchev–Trinajstić information content (AvgIpc) is 3.20. The minimum Gasteiger partial charge on any atom is -0.353 e. The third-order valence-corrected chi connectivity index (χ3v) is 7.03. The molecule has 0 saturated heterocycles. The number of nitrogens with zero attached hydrogens (tertiary/aromatic N) is 1. The first-order valence-corrected chi connectivity index (χ1v) is 10.4. The van der Waals surface area contributed by atoms with Crippen LogP contribution in [0.3, 0.4) is 0 Å². The van der Waals surface area contributed by atoms with Gasteiger partial charge in [-0.2, -0.15) is 11.8 Å². The molecule has 1 aromatic heterocycles. The molecule has 1 aromatic rings. The number of thiazole rings is 1. The van der Waals surface area contributed by atoms with Gasteiger partial charge >= 0.3 is 0 Å². The molecule has 0 spiro atoms. The van der Waals surface area contributed by atoms with Crippen molar-refractivity contribution in [1.29, 1.82) is 0 Å². The summed E-state index contributed by atoms with van der Waals surface area (Å²) in [5.74, 6) is 4.57. The highest BCUT2D eigenvalue weighted by Gasteiger charge is 2.41. The third kappa shape index (κ3) is 4.05. The lowest BCUT2D eigenvalue weighted by atomic mass is 9.84. The molecule has 22 heavy (non-hydrogen) atoms. The Bertz CT molecular complexity index is 517. The van der Waals surface area contributed by atoms with Crippen LogP contribution in [0.1, 0.15) is 49.7 Å². The predicted molar refractivity (Wildman–Crippen MR) is 94.2 cm³/mol. The molecular weight excluding hydrogens is 312 g/mol. The lowest BCUT2D eigenvalue weighted by Gasteiger charge is -2.28. The van der Waals surface area contributed by atoms with E-state index < -0.39 is 0 Å². The number of aryl methyl sites for hydroxylation is 1. The van der Waals surface area contributed by atoms with Crippen molar-refractivity contribution in [3.05, 3.63) is 16.1 Å². The first kappa shape index (κ1) is 16.3. The SMILES string of the molecule is Cc1nc(CSCCC(=O)NC(C)C2CC3CCC2C3)cs1. The van der Waals surface area contributed by atoms with E-state index in [-0.39, 0.29) is 5.91 Å². The summed E-state index contributed by atoms with van der Waals surface area (Å²) in [6.07, 6.45) is 6.18. The summed E-state index contributed by atoms with van der Waals surface area (Å²) in [6.45, 7) is 4.23. The van der Waals surface area contributed by atoms with Gasteiger partial charge in [0.15, 0.2) is 0 Å². The second-order valence-corrected chi connectivity index (χ2v) is 9.02. The Morgan fingerprint density at radius 2 is 2.36 bits per heavy atom. The highest BCUT2D eigenvalue weighted by molar-refractivity contribution is 7.98. The Morgan fingerprint density at radius 1 is 1.50 bits per heavy atom. The molecule has 1 N–H and O–H groups in total. The maximum Gasteiger partial charge on any atom is 0.221 e. The van der Waals surface area contributed by atoms with Gasteiger partial charge in [0.1, 0.15) is 0 Å². The molecule has 4 unspecified atom stereocenters. The number of carbonyl (C=O) groups excluding carboxylic acids is 1. The van der Waals surface area contributed by atoms with Crippen molar-refractivity contribution in [3.63, 3.8) is 0 Å². The molecule has 2 fully saturated rings. The number of rotatable bonds is 7. The summed E-state index contributed by atoms with van der Waals surface area (Å²) in [5, 5.41) is 6.47. The first-order chi connectivity index (χ1) is 10.6. The van der Waals surface area contributed by atoms with Gasteiger partial charge in [0.05, 0.1) is 10.7 Å². The number of thioether (sulfide) groups is 1. The Kier molecular flexibility index (Phi) is 5.45. The summed E-state index contributed by atoms with van der Waals surface area (Å²) >= 11 is 3.50. The largest absolute Gasteiger partial charge is 0.353 e. The fraction of sp³-hybridized carbons (Fsp3) is 0.765. The average molecular weight is 339 g/mol. The van der Waals surface area contributed by atoms with Gasteiger partial charge in [-0.3, -0.25) is 4.79 Å². The number of hydrogen-bond acceptors (Lipinski definition) is 4. The lowest BCUT2D eigenvalue weighted by molar-refractivity contribution is -0.121. The zero-order chi connectivity index (χ0) is 15.5. The van der Waals surface area contributed by atoms with E-state index in [1.165, 1.54) is 25.7 Å². The van der Waals surface area contributed by atoms with Crippen LogP contribution in [0.5, 0.6) is 0 Å². The maximum absolute atomic E-state index is 12.1. The van der Waals surface area contributed by atoms with Crippen LogP contribution in [-0.4, -0.2) is 22.7 Å². The van der Waals surface area contributed by atoms with Crippen LogP contribution in [0.4, 0.5) is 0 Å². The van der Waals surface area contributed by atoms with Crippen LogP contribution in [0, 0.1) is 24.7 Å². The summed E-state index contributed by atoms with van der Waals surface area (Å²) < 4.78 is 0. The molecule has 4 atom stereocenters. The lowest BCUT2D eigenvalue weighted by Crippen LogP contribution is -2.40. The van der Waals surface area contributed by atoms with Gasteiger partial charge in [-0.05, 0) is 50.9 Å². The number of aromatic nitrogens is 1. The van der Waals surface area contributed by atoms with Crippen LogP contribution in [0.25, 0.3) is 0 Å². The second kappa shape index (κ2) is 7.35. The third-order valence-electron chi connectivity index (χ3n) is 5.21. The van der Waals surface area contributed by atoms with Gasteiger partial charge in [0, 0.05) is 29.3 Å². The Morgan fingerprint density at radius 3 is 3.00 bits per heavy atom. The minimum absolute atomic E-state index is 0.220.